The molecule has 0 saturated heterocycles. The molecule has 1 aliphatic carbocycles. The summed E-state index contributed by atoms with van der Waals surface area (Å²) in [6.45, 7) is 5.25. The Bertz CT molecular complexity index is 762. The molecule has 2 unspecified atom stereocenters. The molecule has 24 heavy (non-hydrogen) atoms. The Balaban J connectivity index is 2.04. The Kier molecular flexibility index (Phi) is 4.34. The first-order valence-electron chi connectivity index (χ1n) is 8.22. The first-order chi connectivity index (χ1) is 11.6. The van der Waals surface area contributed by atoms with Gasteiger partial charge in [-0.25, -0.2) is 0 Å². The number of benzene rings is 1. The highest BCUT2D eigenvalue weighted by atomic mass is 16.5. The minimum Gasteiger partial charge on any atom is -0.504 e. The molecule has 0 fully saturated rings. The van der Waals surface area contributed by atoms with E-state index in [9.17, 15) is 15.5 Å². The summed E-state index contributed by atoms with van der Waals surface area (Å²) < 4.78 is 6.08. The van der Waals surface area contributed by atoms with Gasteiger partial charge in [0.1, 0.15) is 17.9 Å². The molecule has 126 valence electrons. The van der Waals surface area contributed by atoms with E-state index in [1.54, 1.807) is 0 Å². The van der Waals surface area contributed by atoms with Gasteiger partial charge in [-0.05, 0) is 31.9 Å². The van der Waals surface area contributed by atoms with Gasteiger partial charge < -0.3 is 20.3 Å². The van der Waals surface area contributed by atoms with Gasteiger partial charge in [0.2, 0.25) is 0 Å². The molecular formula is C18H21N3O3. The largest absolute Gasteiger partial charge is 0.504 e. The molecular weight excluding hydrogens is 306 g/mol. The lowest BCUT2D eigenvalue weighted by molar-refractivity contribution is 0.139. The summed E-state index contributed by atoms with van der Waals surface area (Å²) in [6, 6.07) is 5.27. The summed E-state index contributed by atoms with van der Waals surface area (Å²) in [7, 11) is 0. The summed E-state index contributed by atoms with van der Waals surface area (Å²) in [6.07, 6.45) is 1.08. The maximum Gasteiger partial charge on any atom is 0.161 e. The molecule has 0 saturated carbocycles. The van der Waals surface area contributed by atoms with E-state index in [-0.39, 0.29) is 23.5 Å². The fourth-order valence-corrected chi connectivity index (χ4v) is 3.45. The van der Waals surface area contributed by atoms with Crippen molar-refractivity contribution in [3.63, 3.8) is 0 Å². The number of aliphatic imine (C=N–C) groups is 1. The average Bonchev–Trinajstić information content (AvgIpc) is 2.55. The van der Waals surface area contributed by atoms with Crippen molar-refractivity contribution < 1.29 is 14.9 Å². The Labute approximate surface area is 141 Å². The lowest BCUT2D eigenvalue weighted by atomic mass is 9.77. The van der Waals surface area contributed by atoms with E-state index in [1.165, 1.54) is 12.1 Å². The summed E-state index contributed by atoms with van der Waals surface area (Å²) in [5.41, 5.74) is 3.06. The number of aromatic hydroxyl groups is 2. The highest BCUT2D eigenvalue weighted by Crippen LogP contribution is 2.42. The van der Waals surface area contributed by atoms with Crippen molar-refractivity contribution in [2.75, 3.05) is 13.1 Å². The van der Waals surface area contributed by atoms with Gasteiger partial charge in [-0.2, -0.15) is 5.26 Å². The number of fused-ring (bicyclic) bond motifs is 2. The molecule has 6 nitrogen and oxygen atoms in total. The van der Waals surface area contributed by atoms with E-state index in [1.807, 2.05) is 13.8 Å². The maximum atomic E-state index is 9.74. The van der Waals surface area contributed by atoms with Crippen molar-refractivity contribution in [2.24, 2.45) is 10.9 Å². The number of nitriles is 1. The van der Waals surface area contributed by atoms with Crippen LogP contribution in [0.2, 0.25) is 0 Å². The Morgan fingerprint density at radius 3 is 2.71 bits per heavy atom. The summed E-state index contributed by atoms with van der Waals surface area (Å²) in [5, 5.41) is 32.3. The van der Waals surface area contributed by atoms with E-state index in [4.69, 9.17) is 4.74 Å². The fraction of sp³-hybridized carbons (Fsp3) is 0.444. The average molecular weight is 327 g/mol. The summed E-state index contributed by atoms with van der Waals surface area (Å²) in [5.74, 6) is 0.202. The number of hydrogen-bond donors (Lipinski definition) is 3. The number of allylic oxidation sites excluding steroid dienone is 1. The van der Waals surface area contributed by atoms with Crippen LogP contribution >= 0.6 is 0 Å². The van der Waals surface area contributed by atoms with Crippen LogP contribution in [0.25, 0.3) is 0 Å². The van der Waals surface area contributed by atoms with Gasteiger partial charge in [0, 0.05) is 37.2 Å². The molecule has 2 aliphatic rings. The first kappa shape index (κ1) is 16.2. The molecule has 1 aromatic rings. The van der Waals surface area contributed by atoms with Crippen LogP contribution in [0.1, 0.15) is 25.8 Å². The number of nitrogens with one attached hydrogen (secondary N) is 1. The van der Waals surface area contributed by atoms with Crippen molar-refractivity contribution in [2.45, 2.75) is 32.8 Å². The highest BCUT2D eigenvalue weighted by molar-refractivity contribution is 6.07. The zero-order chi connectivity index (χ0) is 17.3. The van der Waals surface area contributed by atoms with Gasteiger partial charge in [-0.3, -0.25) is 4.99 Å². The van der Waals surface area contributed by atoms with Crippen molar-refractivity contribution in [1.29, 1.82) is 5.26 Å². The second-order valence-corrected chi connectivity index (χ2v) is 5.97. The third-order valence-corrected chi connectivity index (χ3v) is 4.47. The van der Waals surface area contributed by atoms with Crippen LogP contribution in [0.5, 0.6) is 17.2 Å². The number of hydrogen-bond acceptors (Lipinski definition) is 6. The van der Waals surface area contributed by atoms with Crippen LogP contribution in [0.15, 0.2) is 28.4 Å². The van der Waals surface area contributed by atoms with Crippen molar-refractivity contribution in [1.82, 2.24) is 5.32 Å². The van der Waals surface area contributed by atoms with Crippen molar-refractivity contribution >= 4 is 5.71 Å². The van der Waals surface area contributed by atoms with Gasteiger partial charge in [-0.1, -0.05) is 0 Å². The van der Waals surface area contributed by atoms with Crippen LogP contribution in [-0.4, -0.2) is 35.1 Å². The Morgan fingerprint density at radius 1 is 1.29 bits per heavy atom. The third-order valence-electron chi connectivity index (χ3n) is 4.47. The minimum atomic E-state index is -0.189. The number of rotatable bonds is 3. The topological polar surface area (TPSA) is 97.9 Å². The monoisotopic (exact) mass is 327 g/mol. The number of ether oxygens (including phenoxy) is 1. The summed E-state index contributed by atoms with van der Waals surface area (Å²) in [4.78, 5) is 4.57. The second kappa shape index (κ2) is 6.44. The van der Waals surface area contributed by atoms with E-state index in [0.29, 0.717) is 30.7 Å². The lowest BCUT2D eigenvalue weighted by Crippen LogP contribution is -2.44. The Hall–Kier alpha value is -2.68. The third kappa shape index (κ3) is 2.67. The van der Waals surface area contributed by atoms with E-state index < -0.39 is 0 Å². The van der Waals surface area contributed by atoms with Gasteiger partial charge in [0.15, 0.2) is 11.5 Å². The van der Waals surface area contributed by atoms with Gasteiger partial charge in [0.05, 0.1) is 11.3 Å². The SMILES string of the molecule is CCN=C1C(C#N)=C(NCC)CC2Oc3cc(O)c(O)cc3CC12. The van der Waals surface area contributed by atoms with Crippen LogP contribution < -0.4 is 10.1 Å². The molecule has 1 heterocycles. The predicted octanol–water partition coefficient (Wildman–Crippen LogP) is 2.27. The van der Waals surface area contributed by atoms with E-state index in [2.05, 4.69) is 16.4 Å². The number of phenols is 2. The molecule has 3 rings (SSSR count). The van der Waals surface area contributed by atoms with Crippen LogP contribution in [-0.2, 0) is 6.42 Å². The first-order valence-corrected chi connectivity index (χ1v) is 8.22. The number of phenolic OH excluding ortho intramolecular Hbond substituents is 2. The smallest absolute Gasteiger partial charge is 0.161 e. The standard InChI is InChI=1S/C18H21N3O3/c1-3-20-13-7-17-11(18(21-4-2)12(13)9-19)5-10-6-14(22)15(23)8-16(10)24-17/h6,8,11,17,20,22-23H,3-5,7H2,1-2H3. The zero-order valence-electron chi connectivity index (χ0n) is 13.8. The fourth-order valence-electron chi connectivity index (χ4n) is 3.45. The molecule has 1 aromatic carbocycles. The quantitative estimate of drug-likeness (QED) is 0.740. The molecule has 3 N–H and O–H groups in total. The number of nitrogens with zero attached hydrogens (tertiary/aromatic N) is 2. The van der Waals surface area contributed by atoms with Crippen molar-refractivity contribution in [3.8, 4) is 23.3 Å². The molecule has 2 atom stereocenters. The van der Waals surface area contributed by atoms with E-state index >= 15 is 0 Å². The molecule has 1 aliphatic heterocycles. The molecule has 0 bridgehead atoms. The minimum absolute atomic E-state index is 0.0292. The van der Waals surface area contributed by atoms with Crippen LogP contribution in [0, 0.1) is 17.2 Å². The van der Waals surface area contributed by atoms with Gasteiger partial charge in [0.25, 0.3) is 0 Å². The molecule has 6 heteroatoms. The second-order valence-electron chi connectivity index (χ2n) is 5.97. The van der Waals surface area contributed by atoms with Gasteiger partial charge in [-0.15, -0.1) is 0 Å². The zero-order valence-corrected chi connectivity index (χ0v) is 13.8. The van der Waals surface area contributed by atoms with E-state index in [0.717, 1.165) is 23.5 Å². The molecule has 0 amide bonds. The van der Waals surface area contributed by atoms with Crippen molar-refractivity contribution in [3.05, 3.63) is 29.0 Å². The molecule has 0 spiro atoms. The maximum absolute atomic E-state index is 9.74. The normalized spacial score (nSPS) is 24.0. The lowest BCUT2D eigenvalue weighted by Gasteiger charge is -2.38. The van der Waals surface area contributed by atoms with Crippen LogP contribution in [0.3, 0.4) is 0 Å². The van der Waals surface area contributed by atoms with Crippen LogP contribution in [0.4, 0.5) is 0 Å². The Morgan fingerprint density at radius 2 is 2.04 bits per heavy atom. The van der Waals surface area contributed by atoms with Gasteiger partial charge >= 0.3 is 0 Å². The highest BCUT2D eigenvalue weighted by Gasteiger charge is 2.40. The predicted molar refractivity (Wildman–Crippen MR) is 90.3 cm³/mol. The molecule has 0 aromatic heterocycles. The summed E-state index contributed by atoms with van der Waals surface area (Å²) >= 11 is 0. The molecule has 0 radical (unpaired) electrons.